The summed E-state index contributed by atoms with van der Waals surface area (Å²) in [5.74, 6) is 0.703. The Morgan fingerprint density at radius 3 is 2.50 bits per heavy atom. The van der Waals surface area contributed by atoms with Crippen molar-refractivity contribution in [3.63, 3.8) is 0 Å². The lowest BCUT2D eigenvalue weighted by atomic mass is 9.89. The number of benzene rings is 2. The van der Waals surface area contributed by atoms with Crippen LogP contribution in [0.2, 0.25) is 0 Å². The summed E-state index contributed by atoms with van der Waals surface area (Å²) in [6, 6.07) is 17.3. The molecule has 188 valence electrons. The molecule has 3 aromatic rings. The van der Waals surface area contributed by atoms with Crippen LogP contribution in [0.25, 0.3) is 0 Å². The summed E-state index contributed by atoms with van der Waals surface area (Å²) in [5.41, 5.74) is 5.87. The number of likely N-dealkylation sites (tertiary alicyclic amines) is 1. The maximum atomic E-state index is 13.3. The summed E-state index contributed by atoms with van der Waals surface area (Å²) < 4.78 is 13.3. The average Bonchev–Trinajstić information content (AvgIpc) is 3.11. The fourth-order valence-electron chi connectivity index (χ4n) is 5.65. The van der Waals surface area contributed by atoms with Gasteiger partial charge in [0.05, 0.1) is 0 Å². The van der Waals surface area contributed by atoms with Gasteiger partial charge in [-0.25, -0.2) is 4.39 Å². The Labute approximate surface area is 214 Å². The number of fused-ring (bicyclic) bond motifs is 1. The lowest BCUT2D eigenvalue weighted by Gasteiger charge is -2.31. The summed E-state index contributed by atoms with van der Waals surface area (Å²) >= 11 is 0. The minimum atomic E-state index is -0.196. The van der Waals surface area contributed by atoms with Crippen molar-refractivity contribution >= 4 is 5.78 Å². The fourth-order valence-corrected chi connectivity index (χ4v) is 5.65. The second-order valence-electron chi connectivity index (χ2n) is 10.5. The van der Waals surface area contributed by atoms with E-state index in [-0.39, 0.29) is 11.6 Å². The number of aromatic nitrogens is 1. The molecule has 5 rings (SSSR count). The largest absolute Gasteiger partial charge is 0.299 e. The second kappa shape index (κ2) is 11.9. The average molecular weight is 486 g/mol. The zero-order valence-electron chi connectivity index (χ0n) is 21.0. The highest BCUT2D eigenvalue weighted by molar-refractivity contribution is 5.96. The molecule has 1 aromatic heterocycles. The van der Waals surface area contributed by atoms with Crippen molar-refractivity contribution in [1.82, 2.24) is 14.8 Å². The number of ketones is 1. The van der Waals surface area contributed by atoms with Crippen LogP contribution in [-0.4, -0.2) is 40.2 Å². The number of halogens is 1. The Hall–Kier alpha value is -2.89. The molecule has 2 aliphatic heterocycles. The second-order valence-corrected chi connectivity index (χ2v) is 10.5. The van der Waals surface area contributed by atoms with E-state index in [1.54, 1.807) is 0 Å². The van der Waals surface area contributed by atoms with Crippen LogP contribution >= 0.6 is 0 Å². The number of Topliss-reactive ketones (excluding diaryl/α,β-unsaturated/α-hetero) is 1. The number of aryl methyl sites for hydroxylation is 1. The molecular weight excluding hydrogens is 449 g/mol. The number of pyridine rings is 1. The first-order chi connectivity index (χ1) is 17.6. The maximum absolute atomic E-state index is 13.3. The van der Waals surface area contributed by atoms with Gasteiger partial charge in [0.2, 0.25) is 0 Å². The lowest BCUT2D eigenvalue weighted by Crippen LogP contribution is -2.33. The van der Waals surface area contributed by atoms with E-state index >= 15 is 0 Å². The van der Waals surface area contributed by atoms with Crippen molar-refractivity contribution in [3.8, 4) is 0 Å². The topological polar surface area (TPSA) is 36.4 Å². The molecule has 3 heterocycles. The van der Waals surface area contributed by atoms with Gasteiger partial charge in [0.25, 0.3) is 0 Å². The van der Waals surface area contributed by atoms with Crippen LogP contribution in [0.15, 0.2) is 67.0 Å². The summed E-state index contributed by atoms with van der Waals surface area (Å²) in [6.45, 7) is 5.80. The van der Waals surface area contributed by atoms with Crippen LogP contribution in [0.1, 0.15) is 64.7 Å². The predicted octanol–water partition coefficient (Wildman–Crippen LogP) is 6.04. The van der Waals surface area contributed by atoms with E-state index in [0.717, 1.165) is 82.5 Å². The smallest absolute Gasteiger partial charge is 0.162 e. The van der Waals surface area contributed by atoms with Crippen molar-refractivity contribution in [3.05, 3.63) is 101 Å². The van der Waals surface area contributed by atoms with Gasteiger partial charge in [-0.15, -0.1) is 0 Å². The van der Waals surface area contributed by atoms with Gasteiger partial charge in [-0.2, -0.15) is 0 Å². The van der Waals surface area contributed by atoms with Crippen LogP contribution in [0.4, 0.5) is 4.39 Å². The molecule has 0 aliphatic carbocycles. The first-order valence-electron chi connectivity index (χ1n) is 13.4. The SMILES string of the molecule is O=C(CCC1CCN(Cc2cccnc2)CC1)c1ccc2c(c1)CN(Cc1ccc(F)cc1)CCC2. The van der Waals surface area contributed by atoms with Gasteiger partial charge in [-0.3, -0.25) is 19.6 Å². The minimum absolute atomic E-state index is 0.196. The van der Waals surface area contributed by atoms with Gasteiger partial charge >= 0.3 is 0 Å². The van der Waals surface area contributed by atoms with Crippen LogP contribution in [0, 0.1) is 11.7 Å². The summed E-state index contributed by atoms with van der Waals surface area (Å²) in [6.07, 6.45) is 9.85. The molecule has 0 spiro atoms. The molecule has 0 unspecified atom stereocenters. The molecule has 1 fully saturated rings. The van der Waals surface area contributed by atoms with E-state index in [0.29, 0.717) is 12.3 Å². The van der Waals surface area contributed by atoms with Crippen LogP contribution < -0.4 is 0 Å². The van der Waals surface area contributed by atoms with E-state index in [2.05, 4.69) is 33.0 Å². The third kappa shape index (κ3) is 6.65. The third-order valence-corrected chi connectivity index (χ3v) is 7.78. The van der Waals surface area contributed by atoms with E-state index in [1.165, 1.54) is 28.8 Å². The molecule has 2 aromatic carbocycles. The first-order valence-corrected chi connectivity index (χ1v) is 13.4. The fraction of sp³-hybridized carbons (Fsp3) is 0.419. The van der Waals surface area contributed by atoms with Crippen LogP contribution in [0.5, 0.6) is 0 Å². The zero-order chi connectivity index (χ0) is 24.7. The van der Waals surface area contributed by atoms with E-state index < -0.39 is 0 Å². The Kier molecular flexibility index (Phi) is 8.19. The molecule has 0 saturated carbocycles. The van der Waals surface area contributed by atoms with E-state index in [4.69, 9.17) is 0 Å². The predicted molar refractivity (Wildman–Crippen MR) is 141 cm³/mol. The Bertz CT molecular complexity index is 1140. The number of hydrogen-bond acceptors (Lipinski definition) is 4. The molecule has 2 aliphatic rings. The van der Waals surface area contributed by atoms with Crippen molar-refractivity contribution in [2.24, 2.45) is 5.92 Å². The van der Waals surface area contributed by atoms with E-state index in [9.17, 15) is 9.18 Å². The summed E-state index contributed by atoms with van der Waals surface area (Å²) in [4.78, 5) is 22.2. The van der Waals surface area contributed by atoms with Crippen molar-refractivity contribution in [1.29, 1.82) is 0 Å². The molecule has 1 saturated heterocycles. The number of carbonyl (C=O) groups excluding carboxylic acids is 1. The normalized spacial score (nSPS) is 17.5. The lowest BCUT2D eigenvalue weighted by molar-refractivity contribution is 0.0961. The van der Waals surface area contributed by atoms with Crippen molar-refractivity contribution in [2.45, 2.75) is 58.2 Å². The number of rotatable bonds is 8. The van der Waals surface area contributed by atoms with Crippen molar-refractivity contribution in [2.75, 3.05) is 19.6 Å². The van der Waals surface area contributed by atoms with Crippen LogP contribution in [0.3, 0.4) is 0 Å². The summed E-state index contributed by atoms with van der Waals surface area (Å²) in [7, 11) is 0. The number of hydrogen-bond donors (Lipinski definition) is 0. The molecular formula is C31H36FN3O. The van der Waals surface area contributed by atoms with Crippen LogP contribution in [-0.2, 0) is 26.1 Å². The highest BCUT2D eigenvalue weighted by Gasteiger charge is 2.21. The third-order valence-electron chi connectivity index (χ3n) is 7.78. The summed E-state index contributed by atoms with van der Waals surface area (Å²) in [5, 5.41) is 0. The molecule has 0 amide bonds. The Morgan fingerprint density at radius 2 is 1.72 bits per heavy atom. The van der Waals surface area contributed by atoms with Gasteiger partial charge in [0.15, 0.2) is 5.78 Å². The number of piperidine rings is 1. The zero-order valence-corrected chi connectivity index (χ0v) is 21.0. The molecule has 0 atom stereocenters. The quantitative estimate of drug-likeness (QED) is 0.364. The van der Waals surface area contributed by atoms with Crippen molar-refractivity contribution < 1.29 is 9.18 Å². The first kappa shape index (κ1) is 24.8. The highest BCUT2D eigenvalue weighted by atomic mass is 19.1. The van der Waals surface area contributed by atoms with Gasteiger partial charge in [-0.1, -0.05) is 30.3 Å². The monoisotopic (exact) mass is 485 g/mol. The standard InChI is InChI=1S/C31H36FN3O/c32-30-10-5-25(6-11-30)21-35-16-2-4-27-8-9-28(19-29(27)23-35)31(36)12-7-24-13-17-34(18-14-24)22-26-3-1-15-33-20-26/h1,3,5-6,8-11,15,19-20,24H,2,4,7,12-14,16-18,21-23H2. The highest BCUT2D eigenvalue weighted by Crippen LogP contribution is 2.26. The maximum Gasteiger partial charge on any atom is 0.162 e. The van der Waals surface area contributed by atoms with Gasteiger partial charge in [0, 0.05) is 44.0 Å². The molecule has 0 N–H and O–H groups in total. The molecule has 0 radical (unpaired) electrons. The Balaban J connectivity index is 1.12. The molecule has 4 nitrogen and oxygen atoms in total. The van der Waals surface area contributed by atoms with Gasteiger partial charge in [0.1, 0.15) is 5.82 Å². The molecule has 0 bridgehead atoms. The number of nitrogens with zero attached hydrogens (tertiary/aromatic N) is 3. The molecule has 5 heteroatoms. The van der Waals surface area contributed by atoms with E-state index in [1.807, 2.05) is 36.7 Å². The van der Waals surface area contributed by atoms with Gasteiger partial charge in [-0.05, 0) is 104 Å². The number of carbonyl (C=O) groups is 1. The molecule has 36 heavy (non-hydrogen) atoms. The van der Waals surface area contributed by atoms with Gasteiger partial charge < -0.3 is 0 Å². The minimum Gasteiger partial charge on any atom is -0.299 e. The Morgan fingerprint density at radius 1 is 0.917 bits per heavy atom.